The third-order valence-corrected chi connectivity index (χ3v) is 2.78. The van der Waals surface area contributed by atoms with Crippen LogP contribution in [0.2, 0.25) is 0 Å². The average molecular weight is 299 g/mol. The first-order valence-corrected chi connectivity index (χ1v) is 5.78. The summed E-state index contributed by atoms with van der Waals surface area (Å²) in [4.78, 5) is 11.3. The summed E-state index contributed by atoms with van der Waals surface area (Å²) in [7, 11) is 0. The topological polar surface area (TPSA) is 60.9 Å². The Labute approximate surface area is 116 Å². The van der Waals surface area contributed by atoms with Gasteiger partial charge in [0.05, 0.1) is 0 Å². The van der Waals surface area contributed by atoms with Gasteiger partial charge >= 0.3 is 0 Å². The van der Waals surface area contributed by atoms with Gasteiger partial charge in [-0.2, -0.15) is 5.10 Å². The molecule has 0 aliphatic rings. The molecule has 0 bridgehead atoms. The largest absolute Gasteiger partial charge is 0.388 e. The molecule has 1 heterocycles. The Morgan fingerprint density at radius 2 is 1.95 bits per heavy atom. The van der Waals surface area contributed by atoms with E-state index in [1.165, 1.54) is 6.92 Å². The number of aryl methyl sites for hydroxylation is 1. The first kappa shape index (κ1) is 14.2. The molecule has 1 aromatic carbocycles. The third kappa shape index (κ3) is 2.29. The Kier molecular flexibility index (Phi) is 3.58. The molecule has 0 spiro atoms. The molecule has 8 heteroatoms. The van der Waals surface area contributed by atoms with Gasteiger partial charge in [-0.05, 0) is 19.1 Å². The number of nitrogens with two attached hydrogens (primary N) is 1. The van der Waals surface area contributed by atoms with Crippen molar-refractivity contribution in [1.29, 1.82) is 0 Å². The molecule has 20 heavy (non-hydrogen) atoms. The SMILES string of the molecule is Cc1cc(=O)c(C(N)=S)nn1-c1ccc(F)c(F)c1F. The minimum absolute atomic E-state index is 0.222. The van der Waals surface area contributed by atoms with Gasteiger partial charge in [-0.25, -0.2) is 17.9 Å². The Hall–Kier alpha value is -2.22. The van der Waals surface area contributed by atoms with Crippen LogP contribution in [-0.4, -0.2) is 14.8 Å². The van der Waals surface area contributed by atoms with Gasteiger partial charge < -0.3 is 5.73 Å². The number of rotatable bonds is 2. The molecule has 0 radical (unpaired) electrons. The highest BCUT2D eigenvalue weighted by Crippen LogP contribution is 2.19. The van der Waals surface area contributed by atoms with Gasteiger partial charge in [0.2, 0.25) is 5.43 Å². The van der Waals surface area contributed by atoms with Crippen LogP contribution in [-0.2, 0) is 0 Å². The van der Waals surface area contributed by atoms with Crippen LogP contribution in [0.4, 0.5) is 13.2 Å². The lowest BCUT2D eigenvalue weighted by atomic mass is 10.2. The summed E-state index contributed by atoms with van der Waals surface area (Å²) in [6.07, 6.45) is 0. The lowest BCUT2D eigenvalue weighted by molar-refractivity contribution is 0.442. The Balaban J connectivity index is 2.77. The second kappa shape index (κ2) is 5.04. The van der Waals surface area contributed by atoms with Crippen LogP contribution in [0.5, 0.6) is 0 Å². The van der Waals surface area contributed by atoms with Gasteiger partial charge in [0.15, 0.2) is 23.1 Å². The lowest BCUT2D eigenvalue weighted by Crippen LogP contribution is -2.26. The summed E-state index contributed by atoms with van der Waals surface area (Å²) >= 11 is 4.66. The normalized spacial score (nSPS) is 10.6. The van der Waals surface area contributed by atoms with Crippen LogP contribution in [0.1, 0.15) is 11.4 Å². The van der Waals surface area contributed by atoms with E-state index < -0.39 is 22.9 Å². The van der Waals surface area contributed by atoms with Crippen LogP contribution >= 0.6 is 12.2 Å². The Morgan fingerprint density at radius 3 is 2.55 bits per heavy atom. The number of aromatic nitrogens is 2. The molecule has 0 aliphatic carbocycles. The molecule has 2 rings (SSSR count). The first-order chi connectivity index (χ1) is 9.32. The zero-order chi connectivity index (χ0) is 15.0. The summed E-state index contributed by atoms with van der Waals surface area (Å²) in [5, 5.41) is 3.78. The maximum absolute atomic E-state index is 13.7. The van der Waals surface area contributed by atoms with E-state index in [4.69, 9.17) is 5.73 Å². The number of nitrogens with zero attached hydrogens (tertiary/aromatic N) is 2. The zero-order valence-corrected chi connectivity index (χ0v) is 11.0. The fourth-order valence-corrected chi connectivity index (χ4v) is 1.78. The highest BCUT2D eigenvalue weighted by atomic mass is 32.1. The molecule has 0 aliphatic heterocycles. The van der Waals surface area contributed by atoms with Crippen molar-refractivity contribution >= 4 is 17.2 Å². The van der Waals surface area contributed by atoms with Crippen molar-refractivity contribution in [2.75, 3.05) is 0 Å². The molecule has 2 aromatic rings. The minimum atomic E-state index is -1.63. The number of thiocarbonyl (C=S) groups is 1. The molecule has 0 saturated carbocycles. The van der Waals surface area contributed by atoms with E-state index in [1.54, 1.807) is 0 Å². The Morgan fingerprint density at radius 1 is 1.30 bits per heavy atom. The predicted octanol–water partition coefficient (Wildman–Crippen LogP) is 1.59. The van der Waals surface area contributed by atoms with Crippen LogP contribution < -0.4 is 11.2 Å². The maximum Gasteiger partial charge on any atom is 0.210 e. The van der Waals surface area contributed by atoms with E-state index in [1.807, 2.05) is 0 Å². The average Bonchev–Trinajstić information content (AvgIpc) is 2.37. The fourth-order valence-electron chi connectivity index (χ4n) is 1.64. The van der Waals surface area contributed by atoms with Gasteiger partial charge in [0, 0.05) is 11.8 Å². The number of benzene rings is 1. The number of hydrogen-bond donors (Lipinski definition) is 1. The smallest absolute Gasteiger partial charge is 0.210 e. The van der Waals surface area contributed by atoms with E-state index in [0.29, 0.717) is 0 Å². The van der Waals surface area contributed by atoms with E-state index in [-0.39, 0.29) is 22.1 Å². The van der Waals surface area contributed by atoms with Crippen LogP contribution in [0.3, 0.4) is 0 Å². The molecule has 0 amide bonds. The molecular formula is C12H8F3N3OS. The van der Waals surface area contributed by atoms with Crippen molar-refractivity contribution < 1.29 is 13.2 Å². The molecule has 104 valence electrons. The van der Waals surface area contributed by atoms with Gasteiger partial charge in [0.1, 0.15) is 10.7 Å². The van der Waals surface area contributed by atoms with Crippen LogP contribution in [0.25, 0.3) is 5.69 Å². The molecule has 4 nitrogen and oxygen atoms in total. The van der Waals surface area contributed by atoms with Crippen molar-refractivity contribution in [1.82, 2.24) is 9.78 Å². The van der Waals surface area contributed by atoms with Gasteiger partial charge in [-0.3, -0.25) is 4.79 Å². The Bertz CT molecular complexity index is 773. The van der Waals surface area contributed by atoms with Crippen molar-refractivity contribution in [3.8, 4) is 5.69 Å². The zero-order valence-electron chi connectivity index (χ0n) is 10.2. The summed E-state index contributed by atoms with van der Waals surface area (Å²) in [5.74, 6) is -4.36. The standard InChI is InChI=1S/C12H8F3N3OS/c1-5-4-8(19)11(12(16)20)17-18(5)7-3-2-6(13)9(14)10(7)15/h2-4H,1H3,(H2,16,20). The molecule has 0 saturated heterocycles. The molecule has 1 aromatic heterocycles. The van der Waals surface area contributed by atoms with E-state index in [9.17, 15) is 18.0 Å². The fraction of sp³-hybridized carbons (Fsp3) is 0.0833. The van der Waals surface area contributed by atoms with E-state index >= 15 is 0 Å². The van der Waals surface area contributed by atoms with Gasteiger partial charge in [0.25, 0.3) is 0 Å². The lowest BCUT2D eigenvalue weighted by Gasteiger charge is -2.12. The molecular weight excluding hydrogens is 291 g/mol. The summed E-state index contributed by atoms with van der Waals surface area (Å²) < 4.78 is 40.8. The molecule has 0 atom stereocenters. The summed E-state index contributed by atoms with van der Waals surface area (Å²) in [5.41, 5.74) is 4.42. The number of hydrogen-bond acceptors (Lipinski definition) is 3. The highest BCUT2D eigenvalue weighted by molar-refractivity contribution is 7.80. The minimum Gasteiger partial charge on any atom is -0.388 e. The summed E-state index contributed by atoms with van der Waals surface area (Å²) in [6, 6.07) is 2.89. The second-order valence-corrected chi connectivity index (χ2v) is 4.41. The van der Waals surface area contributed by atoms with E-state index in [0.717, 1.165) is 22.9 Å². The number of halogens is 3. The highest BCUT2D eigenvalue weighted by Gasteiger charge is 2.17. The van der Waals surface area contributed by atoms with Gasteiger partial charge in [-0.15, -0.1) is 0 Å². The van der Waals surface area contributed by atoms with Crippen LogP contribution in [0, 0.1) is 24.4 Å². The summed E-state index contributed by atoms with van der Waals surface area (Å²) in [6.45, 7) is 1.46. The monoisotopic (exact) mass is 299 g/mol. The van der Waals surface area contributed by atoms with Crippen LogP contribution in [0.15, 0.2) is 23.0 Å². The van der Waals surface area contributed by atoms with Crippen molar-refractivity contribution in [3.63, 3.8) is 0 Å². The van der Waals surface area contributed by atoms with Crippen molar-refractivity contribution in [2.45, 2.75) is 6.92 Å². The maximum atomic E-state index is 13.7. The first-order valence-electron chi connectivity index (χ1n) is 5.37. The van der Waals surface area contributed by atoms with E-state index in [2.05, 4.69) is 17.3 Å². The molecule has 0 fully saturated rings. The predicted molar refractivity (Wildman–Crippen MR) is 70.3 cm³/mol. The van der Waals surface area contributed by atoms with Crippen molar-refractivity contribution in [3.05, 3.63) is 57.3 Å². The molecule has 0 unspecified atom stereocenters. The third-order valence-electron chi connectivity index (χ3n) is 2.58. The molecule has 2 N–H and O–H groups in total. The second-order valence-electron chi connectivity index (χ2n) is 3.97. The quantitative estimate of drug-likeness (QED) is 0.676. The van der Waals surface area contributed by atoms with Gasteiger partial charge in [-0.1, -0.05) is 12.2 Å². The van der Waals surface area contributed by atoms with Crippen molar-refractivity contribution in [2.24, 2.45) is 5.73 Å².